The number of halogens is 1. The van der Waals surface area contributed by atoms with E-state index in [-0.39, 0.29) is 11.8 Å². The Balaban J connectivity index is 1.39. The maximum atomic E-state index is 13.3. The Morgan fingerprint density at radius 1 is 1.19 bits per heavy atom. The Labute approximate surface area is 180 Å². The van der Waals surface area contributed by atoms with Gasteiger partial charge >= 0.3 is 6.03 Å². The maximum Gasteiger partial charge on any atom is 0.322 e. The number of nitrogens with one attached hydrogen (secondary N) is 1. The standard InChI is InChI=1S/C23H25FN4O3/c1-27-22-10-11-28(23(29)25-18-6-8-19(30-2)9-7-18)13-20(22)21(26-27)15-31-14-16-4-3-5-17(24)12-16/h3-9,12H,10-11,13-15H2,1-2H3,(H,25,29). The number of benzene rings is 2. The van der Waals surface area contributed by atoms with Crippen LogP contribution in [0.3, 0.4) is 0 Å². The second kappa shape index (κ2) is 9.18. The molecule has 0 saturated carbocycles. The predicted molar refractivity (Wildman–Crippen MR) is 114 cm³/mol. The first kappa shape index (κ1) is 20.9. The molecule has 7 nitrogen and oxygen atoms in total. The zero-order chi connectivity index (χ0) is 21.8. The molecule has 0 unspecified atom stereocenters. The SMILES string of the molecule is COc1ccc(NC(=O)N2CCc3c(c(COCc4cccc(F)c4)nn3C)C2)cc1. The summed E-state index contributed by atoms with van der Waals surface area (Å²) in [6.45, 7) is 1.67. The van der Waals surface area contributed by atoms with Crippen LogP contribution >= 0.6 is 0 Å². The predicted octanol–water partition coefficient (Wildman–Crippen LogP) is 3.87. The molecule has 2 heterocycles. The summed E-state index contributed by atoms with van der Waals surface area (Å²) < 4.78 is 26.1. The lowest BCUT2D eigenvalue weighted by molar-refractivity contribution is 0.103. The highest BCUT2D eigenvalue weighted by atomic mass is 19.1. The van der Waals surface area contributed by atoms with E-state index in [0.717, 1.165) is 34.7 Å². The van der Waals surface area contributed by atoms with Crippen LogP contribution in [0.4, 0.5) is 14.9 Å². The van der Waals surface area contributed by atoms with Gasteiger partial charge in [0.05, 0.1) is 32.6 Å². The molecule has 3 aromatic rings. The van der Waals surface area contributed by atoms with Gasteiger partial charge in [-0.25, -0.2) is 9.18 Å². The molecule has 0 saturated heterocycles. The van der Waals surface area contributed by atoms with Crippen LogP contribution in [-0.4, -0.2) is 34.4 Å². The Morgan fingerprint density at radius 2 is 2.00 bits per heavy atom. The number of hydrogen-bond donors (Lipinski definition) is 1. The lowest BCUT2D eigenvalue weighted by atomic mass is 10.1. The van der Waals surface area contributed by atoms with E-state index in [1.807, 2.05) is 29.9 Å². The fraction of sp³-hybridized carbons (Fsp3) is 0.304. The van der Waals surface area contributed by atoms with Crippen molar-refractivity contribution in [2.24, 2.45) is 7.05 Å². The van der Waals surface area contributed by atoms with Crippen molar-refractivity contribution in [1.82, 2.24) is 14.7 Å². The van der Waals surface area contributed by atoms with Crippen molar-refractivity contribution in [3.8, 4) is 5.75 Å². The lowest BCUT2D eigenvalue weighted by Gasteiger charge is -2.28. The molecule has 1 aliphatic heterocycles. The molecular formula is C23H25FN4O3. The van der Waals surface area contributed by atoms with Crippen molar-refractivity contribution in [1.29, 1.82) is 0 Å². The van der Waals surface area contributed by atoms with Crippen LogP contribution in [-0.2, 0) is 38.0 Å². The molecule has 162 valence electrons. The fourth-order valence-electron chi connectivity index (χ4n) is 3.73. The van der Waals surface area contributed by atoms with Gasteiger partial charge in [0, 0.05) is 37.0 Å². The Hall–Kier alpha value is -3.39. The van der Waals surface area contributed by atoms with E-state index in [1.165, 1.54) is 12.1 Å². The third-order valence-corrected chi connectivity index (χ3v) is 5.35. The number of aryl methyl sites for hydroxylation is 1. The molecule has 0 bridgehead atoms. The number of nitrogens with zero attached hydrogens (tertiary/aromatic N) is 3. The minimum atomic E-state index is -0.283. The van der Waals surface area contributed by atoms with E-state index in [9.17, 15) is 9.18 Å². The first-order valence-corrected chi connectivity index (χ1v) is 10.1. The summed E-state index contributed by atoms with van der Waals surface area (Å²) in [6, 6.07) is 13.4. The Bertz CT molecular complexity index is 1070. The zero-order valence-corrected chi connectivity index (χ0v) is 17.6. The largest absolute Gasteiger partial charge is 0.497 e. The number of ether oxygens (including phenoxy) is 2. The van der Waals surface area contributed by atoms with Gasteiger partial charge in [0.15, 0.2) is 0 Å². The van der Waals surface area contributed by atoms with Crippen molar-refractivity contribution >= 4 is 11.7 Å². The Kier molecular flexibility index (Phi) is 6.18. The summed E-state index contributed by atoms with van der Waals surface area (Å²) in [6.07, 6.45) is 0.721. The van der Waals surface area contributed by atoms with Gasteiger partial charge in [0.25, 0.3) is 0 Å². The number of hydrogen-bond acceptors (Lipinski definition) is 4. The topological polar surface area (TPSA) is 68.6 Å². The zero-order valence-electron chi connectivity index (χ0n) is 17.6. The number of amides is 2. The molecule has 0 spiro atoms. The number of aromatic nitrogens is 2. The minimum absolute atomic E-state index is 0.161. The van der Waals surface area contributed by atoms with Crippen LogP contribution < -0.4 is 10.1 Å². The second-order valence-corrected chi connectivity index (χ2v) is 7.45. The van der Waals surface area contributed by atoms with Crippen LogP contribution in [0.1, 0.15) is 22.5 Å². The molecule has 0 radical (unpaired) electrons. The number of carbonyl (C=O) groups is 1. The molecule has 0 aliphatic carbocycles. The number of rotatable bonds is 6. The molecule has 0 atom stereocenters. The number of carbonyl (C=O) groups excluding carboxylic acids is 1. The van der Waals surface area contributed by atoms with Crippen LogP contribution in [0.25, 0.3) is 0 Å². The van der Waals surface area contributed by atoms with Crippen molar-refractivity contribution < 1.29 is 18.7 Å². The average molecular weight is 424 g/mol. The van der Waals surface area contributed by atoms with E-state index in [1.54, 1.807) is 30.2 Å². The highest BCUT2D eigenvalue weighted by Gasteiger charge is 2.26. The lowest BCUT2D eigenvalue weighted by Crippen LogP contribution is -2.39. The van der Waals surface area contributed by atoms with Crippen molar-refractivity contribution in [2.45, 2.75) is 26.2 Å². The molecular weight excluding hydrogens is 399 g/mol. The van der Waals surface area contributed by atoms with Gasteiger partial charge < -0.3 is 19.7 Å². The first-order valence-electron chi connectivity index (χ1n) is 10.1. The summed E-state index contributed by atoms with van der Waals surface area (Å²) >= 11 is 0. The smallest absolute Gasteiger partial charge is 0.322 e. The number of methoxy groups -OCH3 is 1. The third kappa shape index (κ3) is 4.86. The molecule has 8 heteroatoms. The van der Waals surface area contributed by atoms with Crippen LogP contribution in [0.5, 0.6) is 5.75 Å². The summed E-state index contributed by atoms with van der Waals surface area (Å²) in [5, 5.41) is 7.51. The second-order valence-electron chi connectivity index (χ2n) is 7.45. The normalized spacial score (nSPS) is 13.1. The van der Waals surface area contributed by atoms with Gasteiger partial charge in [0.1, 0.15) is 11.6 Å². The maximum absolute atomic E-state index is 13.3. The van der Waals surface area contributed by atoms with Crippen molar-refractivity contribution in [3.63, 3.8) is 0 Å². The Morgan fingerprint density at radius 3 is 2.74 bits per heavy atom. The van der Waals surface area contributed by atoms with Crippen LogP contribution in [0.2, 0.25) is 0 Å². The molecule has 0 fully saturated rings. The van der Waals surface area contributed by atoms with Crippen molar-refractivity contribution in [3.05, 3.63) is 76.9 Å². The molecule has 2 aromatic carbocycles. The first-order chi connectivity index (χ1) is 15.0. The van der Waals surface area contributed by atoms with Gasteiger partial charge in [-0.15, -0.1) is 0 Å². The van der Waals surface area contributed by atoms with Gasteiger partial charge in [-0.3, -0.25) is 4.68 Å². The van der Waals surface area contributed by atoms with E-state index in [0.29, 0.717) is 32.0 Å². The summed E-state index contributed by atoms with van der Waals surface area (Å²) in [5.41, 5.74) is 4.40. The average Bonchev–Trinajstić information content (AvgIpc) is 3.09. The van der Waals surface area contributed by atoms with E-state index in [2.05, 4.69) is 10.4 Å². The monoisotopic (exact) mass is 424 g/mol. The third-order valence-electron chi connectivity index (χ3n) is 5.35. The van der Waals surface area contributed by atoms with E-state index < -0.39 is 0 Å². The summed E-state index contributed by atoms with van der Waals surface area (Å²) in [5.74, 6) is 0.452. The molecule has 1 aromatic heterocycles. The highest BCUT2D eigenvalue weighted by molar-refractivity contribution is 5.89. The molecule has 2 amide bonds. The minimum Gasteiger partial charge on any atom is -0.497 e. The highest BCUT2D eigenvalue weighted by Crippen LogP contribution is 2.24. The quantitative estimate of drug-likeness (QED) is 0.652. The van der Waals surface area contributed by atoms with Gasteiger partial charge in [0.2, 0.25) is 0 Å². The van der Waals surface area contributed by atoms with Gasteiger partial charge in [-0.2, -0.15) is 5.10 Å². The molecule has 4 rings (SSSR count). The fourth-order valence-corrected chi connectivity index (χ4v) is 3.73. The summed E-state index contributed by atoms with van der Waals surface area (Å²) in [4.78, 5) is 14.5. The number of urea groups is 1. The number of anilines is 1. The number of fused-ring (bicyclic) bond motifs is 1. The van der Waals surface area contributed by atoms with Gasteiger partial charge in [-0.1, -0.05) is 12.1 Å². The van der Waals surface area contributed by atoms with E-state index in [4.69, 9.17) is 9.47 Å². The van der Waals surface area contributed by atoms with Crippen LogP contribution in [0.15, 0.2) is 48.5 Å². The molecule has 31 heavy (non-hydrogen) atoms. The van der Waals surface area contributed by atoms with E-state index >= 15 is 0 Å². The van der Waals surface area contributed by atoms with Gasteiger partial charge in [-0.05, 0) is 42.0 Å². The van der Waals surface area contributed by atoms with Crippen LogP contribution in [0, 0.1) is 5.82 Å². The molecule has 1 aliphatic rings. The van der Waals surface area contributed by atoms with Crippen molar-refractivity contribution in [2.75, 3.05) is 19.0 Å². The summed E-state index contributed by atoms with van der Waals surface area (Å²) in [7, 11) is 3.51. The molecule has 1 N–H and O–H groups in total.